The monoisotopic (exact) mass is 376 g/mol. The van der Waals surface area contributed by atoms with Gasteiger partial charge in [0.25, 0.3) is 0 Å². The lowest BCUT2D eigenvalue weighted by atomic mass is 9.64. The molecule has 2 aliphatic carbocycles. The Morgan fingerprint density at radius 2 is 1.24 bits per heavy atom. The van der Waals surface area contributed by atoms with E-state index in [4.69, 9.17) is 0 Å². The van der Waals surface area contributed by atoms with Gasteiger partial charge in [0.2, 0.25) is 0 Å². The first-order valence-corrected chi connectivity index (χ1v) is 10.7. The first-order chi connectivity index (χ1) is 14.1. The van der Waals surface area contributed by atoms with Crippen molar-refractivity contribution >= 4 is 5.57 Å². The van der Waals surface area contributed by atoms with E-state index >= 15 is 0 Å². The molecule has 2 fully saturated rings. The van der Waals surface area contributed by atoms with E-state index in [1.54, 1.807) is 5.57 Å². The SMILES string of the molecule is C=C1[C@H]2C[C@@H](C(=C(c3ccccc3)c3ccccc3)[C@@H]2c2ccccc2)C1(C)C. The smallest absolute Gasteiger partial charge is 0.0126 e. The van der Waals surface area contributed by atoms with Crippen molar-refractivity contribution < 1.29 is 0 Å². The minimum absolute atomic E-state index is 0.139. The van der Waals surface area contributed by atoms with Gasteiger partial charge in [-0.1, -0.05) is 117 Å². The Kier molecular flexibility index (Phi) is 4.32. The number of rotatable bonds is 3. The second-order valence-electron chi connectivity index (χ2n) is 9.09. The van der Waals surface area contributed by atoms with E-state index in [0.29, 0.717) is 17.8 Å². The Bertz CT molecular complexity index is 1010. The van der Waals surface area contributed by atoms with Gasteiger partial charge < -0.3 is 0 Å². The number of benzene rings is 3. The Labute approximate surface area is 174 Å². The third-order valence-electron chi connectivity index (χ3n) is 7.32. The van der Waals surface area contributed by atoms with Gasteiger partial charge in [0.05, 0.1) is 0 Å². The predicted molar refractivity (Wildman–Crippen MR) is 123 cm³/mol. The molecule has 0 aliphatic heterocycles. The van der Waals surface area contributed by atoms with Crippen LogP contribution in [0.4, 0.5) is 0 Å². The summed E-state index contributed by atoms with van der Waals surface area (Å²) in [5, 5.41) is 0. The minimum Gasteiger partial charge on any atom is -0.0990 e. The van der Waals surface area contributed by atoms with Gasteiger partial charge in [-0.15, -0.1) is 0 Å². The van der Waals surface area contributed by atoms with E-state index in [9.17, 15) is 0 Å². The highest BCUT2D eigenvalue weighted by molar-refractivity contribution is 5.84. The van der Waals surface area contributed by atoms with Crippen LogP contribution in [0.5, 0.6) is 0 Å². The van der Waals surface area contributed by atoms with E-state index in [1.807, 2.05) is 0 Å². The number of hydrogen-bond donors (Lipinski definition) is 0. The summed E-state index contributed by atoms with van der Waals surface area (Å²) in [6.07, 6.45) is 1.21. The normalized spacial score (nSPS) is 24.7. The van der Waals surface area contributed by atoms with Crippen molar-refractivity contribution in [1.29, 1.82) is 0 Å². The zero-order valence-electron chi connectivity index (χ0n) is 17.3. The summed E-state index contributed by atoms with van der Waals surface area (Å²) in [7, 11) is 0. The van der Waals surface area contributed by atoms with Crippen molar-refractivity contribution in [3.05, 3.63) is 125 Å². The van der Waals surface area contributed by atoms with Crippen molar-refractivity contribution in [2.24, 2.45) is 17.3 Å². The maximum atomic E-state index is 4.58. The van der Waals surface area contributed by atoms with Crippen molar-refractivity contribution in [2.75, 3.05) is 0 Å². The molecule has 0 spiro atoms. The highest BCUT2D eigenvalue weighted by atomic mass is 14.6. The molecule has 0 heterocycles. The lowest BCUT2D eigenvalue weighted by Gasteiger charge is -2.40. The average molecular weight is 377 g/mol. The first kappa shape index (κ1) is 18.2. The molecule has 3 aromatic carbocycles. The van der Waals surface area contributed by atoms with Gasteiger partial charge in [-0.3, -0.25) is 0 Å². The fourth-order valence-electron chi connectivity index (χ4n) is 5.79. The van der Waals surface area contributed by atoms with Crippen LogP contribution in [0.15, 0.2) is 109 Å². The quantitative estimate of drug-likeness (QED) is 0.415. The fraction of sp³-hybridized carbons (Fsp3) is 0.241. The van der Waals surface area contributed by atoms with E-state index < -0.39 is 0 Å². The highest BCUT2D eigenvalue weighted by Gasteiger charge is 2.56. The summed E-state index contributed by atoms with van der Waals surface area (Å²) < 4.78 is 0. The number of fused-ring (bicyclic) bond motifs is 2. The van der Waals surface area contributed by atoms with Crippen molar-refractivity contribution in [1.82, 2.24) is 0 Å². The van der Waals surface area contributed by atoms with Crippen molar-refractivity contribution in [3.8, 4) is 0 Å². The summed E-state index contributed by atoms with van der Waals surface area (Å²) >= 11 is 0. The molecule has 0 heteroatoms. The molecule has 2 saturated carbocycles. The Morgan fingerprint density at radius 1 is 0.759 bits per heavy atom. The third-order valence-corrected chi connectivity index (χ3v) is 7.32. The van der Waals surface area contributed by atoms with E-state index in [1.165, 1.54) is 34.3 Å². The maximum absolute atomic E-state index is 4.58. The van der Waals surface area contributed by atoms with Gasteiger partial charge >= 0.3 is 0 Å². The summed E-state index contributed by atoms with van der Waals surface area (Å²) in [5.41, 5.74) is 8.67. The topological polar surface area (TPSA) is 0 Å². The van der Waals surface area contributed by atoms with E-state index in [-0.39, 0.29) is 5.41 Å². The molecule has 29 heavy (non-hydrogen) atoms. The van der Waals surface area contributed by atoms with Crippen LogP contribution in [0.2, 0.25) is 0 Å². The molecule has 0 radical (unpaired) electrons. The van der Waals surface area contributed by atoms with Crippen LogP contribution in [0.1, 0.15) is 42.9 Å². The number of hydrogen-bond acceptors (Lipinski definition) is 0. The molecule has 3 atom stereocenters. The van der Waals surface area contributed by atoms with Crippen molar-refractivity contribution in [2.45, 2.75) is 26.2 Å². The molecule has 0 aromatic heterocycles. The van der Waals surface area contributed by atoms with Crippen LogP contribution in [0.25, 0.3) is 5.57 Å². The molecule has 0 unspecified atom stereocenters. The largest absolute Gasteiger partial charge is 0.0990 e. The molecule has 2 aliphatic rings. The average Bonchev–Trinajstić information content (AvgIpc) is 3.25. The van der Waals surface area contributed by atoms with Crippen LogP contribution in [0, 0.1) is 17.3 Å². The molecule has 0 nitrogen and oxygen atoms in total. The predicted octanol–water partition coefficient (Wildman–Crippen LogP) is 7.50. The summed E-state index contributed by atoms with van der Waals surface area (Å²) in [6.45, 7) is 9.38. The van der Waals surface area contributed by atoms with Crippen LogP contribution in [-0.4, -0.2) is 0 Å². The molecule has 0 N–H and O–H groups in total. The van der Waals surface area contributed by atoms with E-state index in [0.717, 1.165) is 0 Å². The third kappa shape index (κ3) is 2.82. The summed E-state index contributed by atoms with van der Waals surface area (Å²) in [6, 6.07) is 33.0. The molecule has 0 amide bonds. The van der Waals surface area contributed by atoms with Crippen LogP contribution >= 0.6 is 0 Å². The standard InChI is InChI=1S/C29H28/c1-20-24-19-25(29(20,2)3)28(27(24)23-17-11-6-12-18-23)26(21-13-7-4-8-14-21)22-15-9-5-10-16-22/h4-18,24-25,27H,1,19H2,2-3H3/t24-,25+,27-/m1/s1. The molecular formula is C29H28. The van der Waals surface area contributed by atoms with Crippen molar-refractivity contribution in [3.63, 3.8) is 0 Å². The molecule has 2 bridgehead atoms. The minimum atomic E-state index is 0.139. The second-order valence-corrected chi connectivity index (χ2v) is 9.09. The lowest BCUT2D eigenvalue weighted by molar-refractivity contribution is 0.339. The first-order valence-electron chi connectivity index (χ1n) is 10.7. The van der Waals surface area contributed by atoms with Gasteiger partial charge in [-0.05, 0) is 51.5 Å². The highest BCUT2D eigenvalue weighted by Crippen LogP contribution is 2.67. The summed E-state index contributed by atoms with van der Waals surface area (Å²) in [5.74, 6) is 1.47. The van der Waals surface area contributed by atoms with Gasteiger partial charge in [0, 0.05) is 5.92 Å². The van der Waals surface area contributed by atoms with Crippen LogP contribution in [-0.2, 0) is 0 Å². The molecular weight excluding hydrogens is 348 g/mol. The van der Waals surface area contributed by atoms with E-state index in [2.05, 4.69) is 111 Å². The fourth-order valence-corrected chi connectivity index (χ4v) is 5.79. The Balaban J connectivity index is 1.82. The summed E-state index contributed by atoms with van der Waals surface area (Å²) in [4.78, 5) is 0. The van der Waals surface area contributed by atoms with Gasteiger partial charge in [0.1, 0.15) is 0 Å². The van der Waals surface area contributed by atoms with Crippen LogP contribution < -0.4 is 0 Å². The zero-order valence-corrected chi connectivity index (χ0v) is 17.3. The van der Waals surface area contributed by atoms with Gasteiger partial charge in [-0.25, -0.2) is 0 Å². The van der Waals surface area contributed by atoms with Gasteiger partial charge in [-0.2, -0.15) is 0 Å². The number of allylic oxidation sites excluding steroid dienone is 2. The Hall–Kier alpha value is -2.86. The van der Waals surface area contributed by atoms with Crippen LogP contribution in [0.3, 0.4) is 0 Å². The van der Waals surface area contributed by atoms with Gasteiger partial charge in [0.15, 0.2) is 0 Å². The maximum Gasteiger partial charge on any atom is 0.0126 e. The molecule has 5 rings (SSSR count). The zero-order chi connectivity index (χ0) is 20.0. The molecule has 3 aromatic rings. The second kappa shape index (κ2) is 6.88. The molecule has 144 valence electrons. The lowest BCUT2D eigenvalue weighted by Crippen LogP contribution is -2.29. The molecule has 0 saturated heterocycles. The Morgan fingerprint density at radius 3 is 1.76 bits per heavy atom.